The number of aryl methyl sites for hydroxylation is 1. The van der Waals surface area contributed by atoms with E-state index in [0.717, 1.165) is 6.54 Å². The fourth-order valence-corrected chi connectivity index (χ4v) is 1.54. The van der Waals surface area contributed by atoms with E-state index in [0.29, 0.717) is 6.54 Å². The smallest absolute Gasteiger partial charge is 0.309 e. The van der Waals surface area contributed by atoms with Gasteiger partial charge in [-0.1, -0.05) is 36.8 Å². The van der Waals surface area contributed by atoms with Gasteiger partial charge in [0.2, 0.25) is 0 Å². The molecular formula is C13H19NO2. The van der Waals surface area contributed by atoms with E-state index in [1.807, 2.05) is 13.0 Å². The van der Waals surface area contributed by atoms with Crippen LogP contribution >= 0.6 is 0 Å². The normalized spacial score (nSPS) is 12.2. The van der Waals surface area contributed by atoms with E-state index < -0.39 is 0 Å². The highest BCUT2D eigenvalue weighted by molar-refractivity contribution is 5.72. The Morgan fingerprint density at radius 1 is 1.50 bits per heavy atom. The molecule has 0 fully saturated rings. The Morgan fingerprint density at radius 3 is 2.88 bits per heavy atom. The maximum absolute atomic E-state index is 11.1. The number of carbonyl (C=O) groups excluding carboxylic acids is 1. The summed E-state index contributed by atoms with van der Waals surface area (Å²) in [6.07, 6.45) is 0. The van der Waals surface area contributed by atoms with Crippen molar-refractivity contribution in [3.63, 3.8) is 0 Å². The van der Waals surface area contributed by atoms with Gasteiger partial charge in [-0.25, -0.2) is 0 Å². The van der Waals surface area contributed by atoms with E-state index in [1.54, 1.807) is 0 Å². The molecule has 0 aliphatic heterocycles. The monoisotopic (exact) mass is 221 g/mol. The molecule has 0 amide bonds. The lowest BCUT2D eigenvalue weighted by molar-refractivity contribution is -0.144. The summed E-state index contributed by atoms with van der Waals surface area (Å²) in [4.78, 5) is 11.1. The third kappa shape index (κ3) is 4.03. The first-order chi connectivity index (χ1) is 7.63. The molecular weight excluding hydrogens is 202 g/mol. The lowest BCUT2D eigenvalue weighted by atomic mass is 10.1. The van der Waals surface area contributed by atoms with Crippen molar-refractivity contribution in [3.05, 3.63) is 35.4 Å². The number of esters is 1. The summed E-state index contributed by atoms with van der Waals surface area (Å²) in [5, 5.41) is 3.24. The summed E-state index contributed by atoms with van der Waals surface area (Å²) in [7, 11) is 1.42. The van der Waals surface area contributed by atoms with Gasteiger partial charge in [0.1, 0.15) is 0 Å². The molecule has 1 atom stereocenters. The summed E-state index contributed by atoms with van der Waals surface area (Å²) in [5.41, 5.74) is 2.48. The van der Waals surface area contributed by atoms with Gasteiger partial charge in [-0.2, -0.15) is 0 Å². The van der Waals surface area contributed by atoms with Crippen LogP contribution in [0.25, 0.3) is 0 Å². The number of methoxy groups -OCH3 is 1. The Bertz CT molecular complexity index is 350. The van der Waals surface area contributed by atoms with Gasteiger partial charge >= 0.3 is 5.97 Å². The first-order valence-corrected chi connectivity index (χ1v) is 5.47. The maximum Gasteiger partial charge on any atom is 0.309 e. The van der Waals surface area contributed by atoms with Gasteiger partial charge in [0.15, 0.2) is 0 Å². The Labute approximate surface area is 96.8 Å². The summed E-state index contributed by atoms with van der Waals surface area (Å²) in [5.74, 6) is -0.272. The average Bonchev–Trinajstić information content (AvgIpc) is 2.28. The van der Waals surface area contributed by atoms with E-state index in [4.69, 9.17) is 0 Å². The van der Waals surface area contributed by atoms with Gasteiger partial charge in [-0.15, -0.1) is 0 Å². The lowest BCUT2D eigenvalue weighted by Crippen LogP contribution is -2.26. The molecule has 3 nitrogen and oxygen atoms in total. The van der Waals surface area contributed by atoms with Crippen LogP contribution in [0.1, 0.15) is 18.1 Å². The fraction of sp³-hybridized carbons (Fsp3) is 0.462. The van der Waals surface area contributed by atoms with Crippen molar-refractivity contribution in [2.24, 2.45) is 5.92 Å². The van der Waals surface area contributed by atoms with E-state index in [-0.39, 0.29) is 11.9 Å². The van der Waals surface area contributed by atoms with Crippen LogP contribution in [0.3, 0.4) is 0 Å². The van der Waals surface area contributed by atoms with Crippen LogP contribution in [0, 0.1) is 12.8 Å². The van der Waals surface area contributed by atoms with Crippen LogP contribution in [0.15, 0.2) is 24.3 Å². The molecule has 0 bridgehead atoms. The highest BCUT2D eigenvalue weighted by atomic mass is 16.5. The minimum Gasteiger partial charge on any atom is -0.469 e. The van der Waals surface area contributed by atoms with Crippen molar-refractivity contribution in [2.75, 3.05) is 13.7 Å². The predicted molar refractivity (Wildman–Crippen MR) is 64.1 cm³/mol. The summed E-state index contributed by atoms with van der Waals surface area (Å²) < 4.78 is 4.65. The first kappa shape index (κ1) is 12.7. The number of ether oxygens (including phenoxy) is 1. The quantitative estimate of drug-likeness (QED) is 0.772. The SMILES string of the molecule is COC(=O)C(C)CNCc1cccc(C)c1. The van der Waals surface area contributed by atoms with Gasteiger partial charge in [0.05, 0.1) is 13.0 Å². The lowest BCUT2D eigenvalue weighted by Gasteiger charge is -2.10. The Balaban J connectivity index is 2.33. The molecule has 0 aromatic heterocycles. The molecule has 88 valence electrons. The highest BCUT2D eigenvalue weighted by Gasteiger charge is 2.11. The van der Waals surface area contributed by atoms with Gasteiger partial charge < -0.3 is 10.1 Å². The summed E-state index contributed by atoms with van der Waals surface area (Å²) in [6, 6.07) is 8.31. The first-order valence-electron chi connectivity index (χ1n) is 5.47. The fourth-order valence-electron chi connectivity index (χ4n) is 1.54. The molecule has 0 aliphatic rings. The van der Waals surface area contributed by atoms with Gasteiger partial charge in [-0.3, -0.25) is 4.79 Å². The molecule has 3 heteroatoms. The third-order valence-corrected chi connectivity index (χ3v) is 2.47. The molecule has 0 radical (unpaired) electrons. The predicted octanol–water partition coefficient (Wildman–Crippen LogP) is 1.89. The molecule has 0 spiro atoms. The Morgan fingerprint density at radius 2 is 2.25 bits per heavy atom. The number of nitrogens with one attached hydrogen (secondary N) is 1. The molecule has 16 heavy (non-hydrogen) atoms. The van der Waals surface area contributed by atoms with E-state index in [9.17, 15) is 4.79 Å². The molecule has 1 rings (SSSR count). The largest absolute Gasteiger partial charge is 0.469 e. The Hall–Kier alpha value is -1.35. The molecule has 1 aromatic rings. The standard InChI is InChI=1S/C13H19NO2/c1-10-5-4-6-12(7-10)9-14-8-11(2)13(15)16-3/h4-7,11,14H,8-9H2,1-3H3. The molecule has 1 unspecified atom stereocenters. The zero-order chi connectivity index (χ0) is 12.0. The highest BCUT2D eigenvalue weighted by Crippen LogP contribution is 2.03. The van der Waals surface area contributed by atoms with E-state index in [1.165, 1.54) is 18.2 Å². The molecule has 0 saturated carbocycles. The third-order valence-electron chi connectivity index (χ3n) is 2.47. The second-order valence-electron chi connectivity index (χ2n) is 4.04. The van der Waals surface area contributed by atoms with Crippen molar-refractivity contribution in [3.8, 4) is 0 Å². The van der Waals surface area contributed by atoms with Gasteiger partial charge in [-0.05, 0) is 12.5 Å². The zero-order valence-corrected chi connectivity index (χ0v) is 10.1. The van der Waals surface area contributed by atoms with E-state index >= 15 is 0 Å². The number of rotatable bonds is 5. The van der Waals surface area contributed by atoms with E-state index in [2.05, 4.69) is 35.2 Å². The van der Waals surface area contributed by atoms with Crippen molar-refractivity contribution in [1.82, 2.24) is 5.32 Å². The van der Waals surface area contributed by atoms with Crippen LogP contribution in [0.2, 0.25) is 0 Å². The molecule has 0 heterocycles. The van der Waals surface area contributed by atoms with Gasteiger partial charge in [0.25, 0.3) is 0 Å². The summed E-state index contributed by atoms with van der Waals surface area (Å²) >= 11 is 0. The number of benzene rings is 1. The van der Waals surface area contributed by atoms with Crippen molar-refractivity contribution in [2.45, 2.75) is 20.4 Å². The second-order valence-corrected chi connectivity index (χ2v) is 4.04. The molecule has 1 aromatic carbocycles. The van der Waals surface area contributed by atoms with Crippen molar-refractivity contribution < 1.29 is 9.53 Å². The molecule has 0 saturated heterocycles. The zero-order valence-electron chi connectivity index (χ0n) is 10.1. The van der Waals surface area contributed by atoms with Crippen molar-refractivity contribution in [1.29, 1.82) is 0 Å². The van der Waals surface area contributed by atoms with Crippen molar-refractivity contribution >= 4 is 5.97 Å². The van der Waals surface area contributed by atoms with Crippen LogP contribution in [0.5, 0.6) is 0 Å². The number of hydrogen-bond acceptors (Lipinski definition) is 3. The Kier molecular flexibility index (Phi) is 4.99. The maximum atomic E-state index is 11.1. The number of hydrogen-bond donors (Lipinski definition) is 1. The summed E-state index contributed by atoms with van der Waals surface area (Å²) in [6.45, 7) is 5.35. The molecule has 0 aliphatic carbocycles. The van der Waals surface area contributed by atoms with Gasteiger partial charge in [0, 0.05) is 13.1 Å². The van der Waals surface area contributed by atoms with Crippen LogP contribution in [-0.4, -0.2) is 19.6 Å². The van der Waals surface area contributed by atoms with Crippen LogP contribution < -0.4 is 5.32 Å². The minimum absolute atomic E-state index is 0.102. The topological polar surface area (TPSA) is 38.3 Å². The average molecular weight is 221 g/mol. The molecule has 1 N–H and O–H groups in total. The second kappa shape index (κ2) is 6.28. The van der Waals surface area contributed by atoms with Crippen LogP contribution in [0.4, 0.5) is 0 Å². The van der Waals surface area contributed by atoms with Crippen LogP contribution in [-0.2, 0) is 16.1 Å². The number of carbonyl (C=O) groups is 1. The minimum atomic E-state index is -0.170.